The average Bonchev–Trinajstić information content (AvgIpc) is 2.58. The van der Waals surface area contributed by atoms with Crippen molar-refractivity contribution in [3.63, 3.8) is 0 Å². The Kier molecular flexibility index (Phi) is 18.2. The molecule has 0 aliphatic carbocycles. The number of hydroxylamine groups is 1. The van der Waals surface area contributed by atoms with Crippen molar-refractivity contribution in [1.82, 2.24) is 5.48 Å². The van der Waals surface area contributed by atoms with Gasteiger partial charge in [0.25, 0.3) is 0 Å². The Bertz CT molecular complexity index is 272. The van der Waals surface area contributed by atoms with Gasteiger partial charge in [-0.25, -0.2) is 0 Å². The zero-order chi connectivity index (χ0) is 17.9. The van der Waals surface area contributed by atoms with Crippen LogP contribution >= 0.6 is 0 Å². The maximum Gasteiger partial charge on any atom is 0.307 e. The summed E-state index contributed by atoms with van der Waals surface area (Å²) in [5, 5.41) is 8.56. The van der Waals surface area contributed by atoms with Crippen LogP contribution in [0.3, 0.4) is 0 Å². The lowest BCUT2D eigenvalue weighted by molar-refractivity contribution is -0.155. The van der Waals surface area contributed by atoms with E-state index in [-0.39, 0.29) is 5.97 Å². The fraction of sp³-hybridized carbons (Fsp3) is 0.950. The van der Waals surface area contributed by atoms with Gasteiger partial charge >= 0.3 is 5.97 Å². The standard InChI is InChI=1S/C20H41NO3/c1-3-4-5-6-7-8-9-10-11-12-13-14-15-16-17-18-20(22)24-19(2)21-23/h19,21,23H,3-18H2,1-2H3. The highest BCUT2D eigenvalue weighted by molar-refractivity contribution is 5.69. The number of hydrogen-bond acceptors (Lipinski definition) is 4. The molecule has 1 atom stereocenters. The lowest BCUT2D eigenvalue weighted by Crippen LogP contribution is -2.27. The summed E-state index contributed by atoms with van der Waals surface area (Å²) in [6.45, 7) is 3.87. The van der Waals surface area contributed by atoms with E-state index in [9.17, 15) is 4.79 Å². The Balaban J connectivity index is 3.11. The summed E-state index contributed by atoms with van der Waals surface area (Å²) in [6, 6.07) is 0. The first-order valence-corrected chi connectivity index (χ1v) is 10.3. The maximum absolute atomic E-state index is 11.4. The summed E-state index contributed by atoms with van der Waals surface area (Å²) >= 11 is 0. The largest absolute Gasteiger partial charge is 0.445 e. The van der Waals surface area contributed by atoms with Crippen molar-refractivity contribution in [3.8, 4) is 0 Å². The van der Waals surface area contributed by atoms with Crippen LogP contribution in [0.25, 0.3) is 0 Å². The molecule has 1 unspecified atom stereocenters. The van der Waals surface area contributed by atoms with E-state index in [1.807, 2.05) is 5.48 Å². The van der Waals surface area contributed by atoms with Crippen molar-refractivity contribution in [2.24, 2.45) is 0 Å². The summed E-state index contributed by atoms with van der Waals surface area (Å²) in [5.41, 5.74) is 1.91. The van der Waals surface area contributed by atoms with Crippen LogP contribution in [0, 0.1) is 0 Å². The van der Waals surface area contributed by atoms with Crippen LogP contribution in [-0.4, -0.2) is 17.4 Å². The third-order valence-electron chi connectivity index (χ3n) is 4.47. The summed E-state index contributed by atoms with van der Waals surface area (Å²) in [6.07, 6.45) is 19.6. The zero-order valence-corrected chi connectivity index (χ0v) is 16.2. The van der Waals surface area contributed by atoms with Crippen LogP contribution in [0.4, 0.5) is 0 Å². The minimum absolute atomic E-state index is 0.237. The van der Waals surface area contributed by atoms with Crippen molar-refractivity contribution in [2.75, 3.05) is 0 Å². The lowest BCUT2D eigenvalue weighted by atomic mass is 10.0. The summed E-state index contributed by atoms with van der Waals surface area (Å²) in [4.78, 5) is 11.4. The van der Waals surface area contributed by atoms with Crippen LogP contribution in [0.1, 0.15) is 117 Å². The van der Waals surface area contributed by atoms with Crippen molar-refractivity contribution in [2.45, 2.75) is 123 Å². The topological polar surface area (TPSA) is 58.6 Å². The highest BCUT2D eigenvalue weighted by atomic mass is 16.6. The maximum atomic E-state index is 11.4. The van der Waals surface area contributed by atoms with E-state index >= 15 is 0 Å². The molecule has 0 saturated heterocycles. The Morgan fingerprint density at radius 3 is 1.54 bits per heavy atom. The summed E-state index contributed by atoms with van der Waals surface area (Å²) in [7, 11) is 0. The van der Waals surface area contributed by atoms with E-state index in [1.165, 1.54) is 83.5 Å². The fourth-order valence-electron chi connectivity index (χ4n) is 2.92. The van der Waals surface area contributed by atoms with E-state index in [4.69, 9.17) is 9.94 Å². The van der Waals surface area contributed by atoms with Crippen LogP contribution in [0.15, 0.2) is 0 Å². The molecule has 0 aromatic rings. The normalized spacial score (nSPS) is 12.3. The Morgan fingerprint density at radius 1 is 0.792 bits per heavy atom. The van der Waals surface area contributed by atoms with Gasteiger partial charge in [-0.1, -0.05) is 96.8 Å². The van der Waals surface area contributed by atoms with Gasteiger partial charge in [-0.2, -0.15) is 5.48 Å². The average molecular weight is 344 g/mol. The first kappa shape index (κ1) is 23.4. The smallest absolute Gasteiger partial charge is 0.307 e. The van der Waals surface area contributed by atoms with E-state index in [1.54, 1.807) is 6.92 Å². The molecule has 0 aromatic heterocycles. The number of ether oxygens (including phenoxy) is 1. The molecule has 0 aliphatic rings. The predicted molar refractivity (Wildman–Crippen MR) is 100 cm³/mol. The molecule has 144 valence electrons. The molecule has 0 bridgehead atoms. The first-order valence-electron chi connectivity index (χ1n) is 10.3. The molecule has 0 aliphatic heterocycles. The third-order valence-corrected chi connectivity index (χ3v) is 4.47. The SMILES string of the molecule is CCCCCCCCCCCCCCCCCC(=O)OC(C)NO. The molecule has 0 rings (SSSR count). The zero-order valence-electron chi connectivity index (χ0n) is 16.2. The highest BCUT2D eigenvalue weighted by Crippen LogP contribution is 2.13. The Hall–Kier alpha value is -0.610. The number of unbranched alkanes of at least 4 members (excludes halogenated alkanes) is 14. The Morgan fingerprint density at radius 2 is 1.17 bits per heavy atom. The molecule has 4 heteroatoms. The summed E-state index contributed by atoms with van der Waals surface area (Å²) < 4.78 is 4.92. The van der Waals surface area contributed by atoms with Gasteiger partial charge in [0, 0.05) is 6.42 Å². The number of carbonyl (C=O) groups is 1. The molecule has 4 nitrogen and oxygen atoms in total. The van der Waals surface area contributed by atoms with Gasteiger partial charge < -0.3 is 9.94 Å². The van der Waals surface area contributed by atoms with Crippen molar-refractivity contribution in [3.05, 3.63) is 0 Å². The van der Waals surface area contributed by atoms with Gasteiger partial charge in [0.05, 0.1) is 0 Å². The molecule has 0 spiro atoms. The second-order valence-corrected chi connectivity index (χ2v) is 6.96. The van der Waals surface area contributed by atoms with E-state index in [2.05, 4.69) is 6.92 Å². The fourth-order valence-corrected chi connectivity index (χ4v) is 2.92. The van der Waals surface area contributed by atoms with Gasteiger partial charge in [-0.3, -0.25) is 4.79 Å². The van der Waals surface area contributed by atoms with Crippen molar-refractivity contribution >= 4 is 5.97 Å². The predicted octanol–water partition coefficient (Wildman–Crippen LogP) is 6.12. The molecule has 2 N–H and O–H groups in total. The minimum atomic E-state index is -0.617. The van der Waals surface area contributed by atoms with Crippen LogP contribution in [-0.2, 0) is 9.53 Å². The van der Waals surface area contributed by atoms with Crippen LogP contribution in [0.2, 0.25) is 0 Å². The number of carbonyl (C=O) groups excluding carboxylic acids is 1. The number of rotatable bonds is 18. The van der Waals surface area contributed by atoms with Crippen molar-refractivity contribution in [1.29, 1.82) is 0 Å². The van der Waals surface area contributed by atoms with Gasteiger partial charge in [0.1, 0.15) is 0 Å². The van der Waals surface area contributed by atoms with Gasteiger partial charge in [-0.05, 0) is 13.3 Å². The number of esters is 1. The monoisotopic (exact) mass is 343 g/mol. The van der Waals surface area contributed by atoms with Gasteiger partial charge in [-0.15, -0.1) is 0 Å². The number of hydrogen-bond donors (Lipinski definition) is 2. The van der Waals surface area contributed by atoms with Crippen LogP contribution in [0.5, 0.6) is 0 Å². The molecule has 24 heavy (non-hydrogen) atoms. The number of nitrogens with one attached hydrogen (secondary N) is 1. The van der Waals surface area contributed by atoms with E-state index < -0.39 is 6.23 Å². The quantitative estimate of drug-likeness (QED) is 0.136. The highest BCUT2D eigenvalue weighted by Gasteiger charge is 2.07. The molecule has 0 radical (unpaired) electrons. The molecule has 0 amide bonds. The van der Waals surface area contributed by atoms with Gasteiger partial charge in [0.15, 0.2) is 6.23 Å². The molecular formula is C20H41NO3. The molecule has 0 aromatic carbocycles. The molecule has 0 fully saturated rings. The Labute approximate surface area is 149 Å². The lowest BCUT2D eigenvalue weighted by Gasteiger charge is -2.10. The van der Waals surface area contributed by atoms with E-state index in [0.717, 1.165) is 12.8 Å². The third kappa shape index (κ3) is 17.7. The van der Waals surface area contributed by atoms with Crippen LogP contribution < -0.4 is 5.48 Å². The van der Waals surface area contributed by atoms with Crippen molar-refractivity contribution < 1.29 is 14.7 Å². The molecule has 0 heterocycles. The summed E-state index contributed by atoms with van der Waals surface area (Å²) in [5.74, 6) is -0.237. The minimum Gasteiger partial charge on any atom is -0.445 e. The van der Waals surface area contributed by atoms with E-state index in [0.29, 0.717) is 6.42 Å². The van der Waals surface area contributed by atoms with Gasteiger partial charge in [0.2, 0.25) is 0 Å². The molecular weight excluding hydrogens is 302 g/mol. The second-order valence-electron chi connectivity index (χ2n) is 6.96. The second kappa shape index (κ2) is 18.7. The molecule has 0 saturated carbocycles. The first-order chi connectivity index (χ1) is 11.7.